The zero-order valence-electron chi connectivity index (χ0n) is 15.4. The fourth-order valence-electron chi connectivity index (χ4n) is 3.18. The van der Waals surface area contributed by atoms with Crippen molar-refractivity contribution in [2.75, 3.05) is 0 Å². The van der Waals surface area contributed by atoms with Crippen LogP contribution < -0.4 is 11.2 Å². The Bertz CT molecular complexity index is 871. The molecule has 1 aromatic heterocycles. The number of carbonyl (C=O) groups is 1. The Hall–Kier alpha value is -2.43. The molecule has 0 bridgehead atoms. The largest absolute Gasteiger partial charge is 0.328 e. The van der Waals surface area contributed by atoms with Gasteiger partial charge in [-0.05, 0) is 38.8 Å². The van der Waals surface area contributed by atoms with Gasteiger partial charge < -0.3 is 0 Å². The number of hydrogen-bond acceptors (Lipinski definition) is 3. The molecule has 5 nitrogen and oxygen atoms in total. The molecule has 0 spiro atoms. The second-order valence-electron chi connectivity index (χ2n) is 6.50. The minimum absolute atomic E-state index is 0.234. The van der Waals surface area contributed by atoms with Crippen LogP contribution in [-0.4, -0.2) is 15.3 Å². The van der Waals surface area contributed by atoms with E-state index in [1.165, 1.54) is 4.57 Å². The van der Waals surface area contributed by atoms with Crippen molar-refractivity contribution in [1.82, 2.24) is 9.55 Å². The number of benzene rings is 1. The summed E-state index contributed by atoms with van der Waals surface area (Å²) >= 11 is 0. The second-order valence-corrected chi connectivity index (χ2v) is 6.50. The summed E-state index contributed by atoms with van der Waals surface area (Å²) in [5.74, 6) is -0.261. The minimum Gasteiger partial charge on any atom is -0.290 e. The number of nitrogens with zero attached hydrogens (tertiary/aromatic N) is 1. The number of carbonyl (C=O) groups excluding carboxylic acids is 1. The van der Waals surface area contributed by atoms with E-state index in [1.54, 1.807) is 12.1 Å². The standard InChI is InChI=1S/C20H26N2O3/c1-5-7-8-9-22-17(16(6-2)19(24)21-20(22)25)18(23)15-11-13(3)10-14(4)12-15/h10-12H,5-9H2,1-4H3,(H,21,24,25). The van der Waals surface area contributed by atoms with Crippen molar-refractivity contribution in [2.45, 2.75) is 59.9 Å². The van der Waals surface area contributed by atoms with Gasteiger partial charge >= 0.3 is 5.69 Å². The molecule has 2 rings (SSSR count). The molecule has 0 saturated heterocycles. The van der Waals surface area contributed by atoms with Crippen molar-refractivity contribution in [3.63, 3.8) is 0 Å². The van der Waals surface area contributed by atoms with Crippen molar-refractivity contribution in [1.29, 1.82) is 0 Å². The Morgan fingerprint density at radius 1 is 1.04 bits per heavy atom. The summed E-state index contributed by atoms with van der Waals surface area (Å²) in [5.41, 5.74) is 2.11. The second kappa shape index (κ2) is 8.10. The smallest absolute Gasteiger partial charge is 0.290 e. The molecule has 0 aliphatic heterocycles. The number of nitrogens with one attached hydrogen (secondary N) is 1. The van der Waals surface area contributed by atoms with E-state index in [9.17, 15) is 14.4 Å². The number of aryl methyl sites for hydroxylation is 2. The Morgan fingerprint density at radius 2 is 1.68 bits per heavy atom. The Labute approximate surface area is 147 Å². The highest BCUT2D eigenvalue weighted by Gasteiger charge is 2.21. The van der Waals surface area contributed by atoms with Gasteiger partial charge in [-0.25, -0.2) is 4.79 Å². The fourth-order valence-corrected chi connectivity index (χ4v) is 3.18. The third-order valence-corrected chi connectivity index (χ3v) is 4.33. The predicted octanol–water partition coefficient (Wildman–Crippen LogP) is 3.14. The van der Waals surface area contributed by atoms with E-state index >= 15 is 0 Å². The summed E-state index contributed by atoms with van der Waals surface area (Å²) < 4.78 is 1.44. The average molecular weight is 342 g/mol. The highest BCUT2D eigenvalue weighted by atomic mass is 16.2. The van der Waals surface area contributed by atoms with E-state index in [4.69, 9.17) is 0 Å². The van der Waals surface area contributed by atoms with E-state index in [0.29, 0.717) is 24.1 Å². The van der Waals surface area contributed by atoms with Gasteiger partial charge in [0, 0.05) is 17.7 Å². The molecule has 1 aromatic carbocycles. The number of hydrogen-bond donors (Lipinski definition) is 1. The zero-order chi connectivity index (χ0) is 18.6. The Morgan fingerprint density at radius 3 is 2.24 bits per heavy atom. The van der Waals surface area contributed by atoms with Gasteiger partial charge in [-0.3, -0.25) is 19.1 Å². The Balaban J connectivity index is 2.65. The van der Waals surface area contributed by atoms with E-state index in [1.807, 2.05) is 26.8 Å². The van der Waals surface area contributed by atoms with E-state index in [-0.39, 0.29) is 11.5 Å². The first-order chi connectivity index (χ1) is 11.9. The first kappa shape index (κ1) is 18.9. The molecule has 134 valence electrons. The van der Waals surface area contributed by atoms with Crippen molar-refractivity contribution >= 4 is 5.78 Å². The molecular formula is C20H26N2O3. The summed E-state index contributed by atoms with van der Waals surface area (Å²) in [4.78, 5) is 40.1. The SMILES string of the molecule is CCCCCn1c(C(=O)c2cc(C)cc(C)c2)c(CC)c(=O)[nH]c1=O. The maximum absolute atomic E-state index is 13.2. The molecule has 1 N–H and O–H groups in total. The molecule has 0 unspecified atom stereocenters. The van der Waals surface area contributed by atoms with Crippen LogP contribution >= 0.6 is 0 Å². The van der Waals surface area contributed by atoms with Crippen LogP contribution in [-0.2, 0) is 13.0 Å². The van der Waals surface area contributed by atoms with Crippen molar-refractivity contribution in [2.24, 2.45) is 0 Å². The number of unbranched alkanes of at least 4 members (excludes halogenated alkanes) is 2. The monoisotopic (exact) mass is 342 g/mol. The van der Waals surface area contributed by atoms with Gasteiger partial charge in [-0.2, -0.15) is 0 Å². The predicted molar refractivity (Wildman–Crippen MR) is 99.6 cm³/mol. The topological polar surface area (TPSA) is 71.9 Å². The molecule has 2 aromatic rings. The normalized spacial score (nSPS) is 10.9. The van der Waals surface area contributed by atoms with Gasteiger partial charge in [0.25, 0.3) is 5.56 Å². The minimum atomic E-state index is -0.508. The van der Waals surface area contributed by atoms with Crippen LogP contribution in [0.3, 0.4) is 0 Å². The van der Waals surface area contributed by atoms with Crippen LogP contribution in [0.1, 0.15) is 65.9 Å². The van der Waals surface area contributed by atoms with E-state index in [2.05, 4.69) is 11.9 Å². The molecular weight excluding hydrogens is 316 g/mol. The number of ketones is 1. The third-order valence-electron chi connectivity index (χ3n) is 4.33. The highest BCUT2D eigenvalue weighted by molar-refractivity contribution is 6.09. The van der Waals surface area contributed by atoms with Crippen LogP contribution in [0.4, 0.5) is 0 Å². The van der Waals surface area contributed by atoms with E-state index < -0.39 is 11.2 Å². The third kappa shape index (κ3) is 4.16. The van der Waals surface area contributed by atoms with Crippen LogP contribution in [0.5, 0.6) is 0 Å². The van der Waals surface area contributed by atoms with Gasteiger partial charge in [0.15, 0.2) is 0 Å². The molecule has 1 heterocycles. The average Bonchev–Trinajstić information content (AvgIpc) is 2.55. The van der Waals surface area contributed by atoms with Crippen molar-refractivity contribution in [3.8, 4) is 0 Å². The number of H-pyrrole nitrogens is 1. The van der Waals surface area contributed by atoms with Gasteiger partial charge in [0.2, 0.25) is 5.78 Å². The van der Waals surface area contributed by atoms with Crippen LogP contribution in [0.2, 0.25) is 0 Å². The summed E-state index contributed by atoms with van der Waals surface area (Å²) in [7, 11) is 0. The summed E-state index contributed by atoms with van der Waals surface area (Å²) in [6, 6.07) is 5.59. The summed E-state index contributed by atoms with van der Waals surface area (Å²) in [6.07, 6.45) is 3.16. The first-order valence-electron chi connectivity index (χ1n) is 8.88. The van der Waals surface area contributed by atoms with Gasteiger partial charge in [0.1, 0.15) is 5.69 Å². The molecule has 25 heavy (non-hydrogen) atoms. The molecule has 0 aliphatic carbocycles. The lowest BCUT2D eigenvalue weighted by Gasteiger charge is -2.15. The lowest BCUT2D eigenvalue weighted by molar-refractivity contribution is 0.102. The van der Waals surface area contributed by atoms with Crippen LogP contribution in [0.25, 0.3) is 0 Å². The van der Waals surface area contributed by atoms with Crippen LogP contribution in [0, 0.1) is 13.8 Å². The molecule has 0 aliphatic rings. The first-order valence-corrected chi connectivity index (χ1v) is 8.88. The lowest BCUT2D eigenvalue weighted by Crippen LogP contribution is -2.37. The van der Waals surface area contributed by atoms with Crippen molar-refractivity contribution < 1.29 is 4.79 Å². The maximum Gasteiger partial charge on any atom is 0.328 e. The molecule has 0 radical (unpaired) electrons. The lowest BCUT2D eigenvalue weighted by atomic mass is 9.99. The molecule has 0 saturated carbocycles. The number of aromatic amines is 1. The zero-order valence-corrected chi connectivity index (χ0v) is 15.4. The highest BCUT2D eigenvalue weighted by Crippen LogP contribution is 2.16. The molecule has 5 heteroatoms. The van der Waals surface area contributed by atoms with Crippen LogP contribution in [0.15, 0.2) is 27.8 Å². The Kier molecular flexibility index (Phi) is 6.12. The maximum atomic E-state index is 13.2. The number of rotatable bonds is 7. The summed E-state index contributed by atoms with van der Waals surface area (Å²) in [5, 5.41) is 0. The van der Waals surface area contributed by atoms with Gasteiger partial charge in [-0.1, -0.05) is 43.9 Å². The van der Waals surface area contributed by atoms with Gasteiger partial charge in [-0.15, -0.1) is 0 Å². The molecule has 0 amide bonds. The van der Waals surface area contributed by atoms with Crippen molar-refractivity contribution in [3.05, 3.63) is 67.0 Å². The fraction of sp³-hybridized carbons (Fsp3) is 0.450. The molecule has 0 atom stereocenters. The molecule has 0 fully saturated rings. The summed E-state index contributed by atoms with van der Waals surface area (Å²) in [6.45, 7) is 8.19. The number of aromatic nitrogens is 2. The quantitative estimate of drug-likeness (QED) is 0.621. The van der Waals surface area contributed by atoms with E-state index in [0.717, 1.165) is 30.4 Å². The van der Waals surface area contributed by atoms with Gasteiger partial charge in [0.05, 0.1) is 0 Å².